The first-order chi connectivity index (χ1) is 3.48. The monoisotopic (exact) mass is 197 g/mol. The number of aliphatic hydroxyl groups is 1. The summed E-state index contributed by atoms with van der Waals surface area (Å²) in [5.74, 6) is 0. The van der Waals surface area contributed by atoms with E-state index in [1.165, 1.54) is 0 Å². The molecule has 9 heavy (non-hydrogen) atoms. The van der Waals surface area contributed by atoms with Crippen LogP contribution in [0.15, 0.2) is 0 Å². The van der Waals surface area contributed by atoms with Gasteiger partial charge in [-0.1, -0.05) is 0 Å². The number of likely N-dealkylation sites (N-methyl/N-ethyl adjacent to an activating group) is 1. The molecule has 2 nitrogen and oxygen atoms in total. The first-order valence-corrected chi connectivity index (χ1v) is 2.90. The molecule has 0 aliphatic carbocycles. The third kappa shape index (κ3) is 4.88. The molecule has 3 heteroatoms. The largest absolute Gasteiger partial charge is 1.00 e. The van der Waals surface area contributed by atoms with E-state index in [0.29, 0.717) is 6.04 Å². The van der Waals surface area contributed by atoms with E-state index >= 15 is 0 Å². The summed E-state index contributed by atoms with van der Waals surface area (Å²) in [6.07, 6.45) is 0. The van der Waals surface area contributed by atoms with Crippen LogP contribution in [0.1, 0.15) is 6.92 Å². The van der Waals surface area contributed by atoms with E-state index in [2.05, 4.69) is 21.1 Å². The fraction of sp³-hybridized carbons (Fsp3) is 1.00. The van der Waals surface area contributed by atoms with Crippen LogP contribution < -0.4 is 17.0 Å². The Morgan fingerprint density at radius 2 is 1.67 bits per heavy atom. The number of hydrogen-bond acceptors (Lipinski definition) is 1. The fourth-order valence-electron chi connectivity index (χ4n) is 0.245. The predicted octanol–water partition coefficient (Wildman–Crippen LogP) is -2.92. The highest BCUT2D eigenvalue weighted by Gasteiger charge is 2.15. The van der Waals surface area contributed by atoms with Gasteiger partial charge in [-0.15, -0.1) is 0 Å². The van der Waals surface area contributed by atoms with Crippen molar-refractivity contribution >= 4 is 0 Å². The average molecular weight is 198 g/mol. The Morgan fingerprint density at radius 1 is 1.33 bits per heavy atom. The van der Waals surface area contributed by atoms with Crippen LogP contribution in [0.2, 0.25) is 0 Å². The van der Waals surface area contributed by atoms with Gasteiger partial charge >= 0.3 is 0 Å². The second-order valence-electron chi connectivity index (χ2n) is 3.15. The van der Waals surface area contributed by atoms with Crippen molar-refractivity contribution in [3.63, 3.8) is 0 Å². The Morgan fingerprint density at radius 3 is 1.67 bits per heavy atom. The first-order valence-electron chi connectivity index (χ1n) is 2.90. The van der Waals surface area contributed by atoms with E-state index in [9.17, 15) is 0 Å². The Kier molecular flexibility index (Phi) is 5.72. The van der Waals surface area contributed by atoms with Gasteiger partial charge in [0.15, 0.2) is 0 Å². The minimum atomic E-state index is 0. The molecular formula is C6H16BrNO. The summed E-state index contributed by atoms with van der Waals surface area (Å²) >= 11 is 0. The van der Waals surface area contributed by atoms with Crippen molar-refractivity contribution in [1.29, 1.82) is 0 Å². The van der Waals surface area contributed by atoms with Crippen molar-refractivity contribution < 1.29 is 26.6 Å². The van der Waals surface area contributed by atoms with Gasteiger partial charge in [-0.05, 0) is 6.92 Å². The van der Waals surface area contributed by atoms with E-state index in [-0.39, 0.29) is 23.6 Å². The van der Waals surface area contributed by atoms with Crippen molar-refractivity contribution in [2.75, 3.05) is 27.7 Å². The molecule has 0 saturated heterocycles. The van der Waals surface area contributed by atoms with Crippen molar-refractivity contribution in [2.45, 2.75) is 13.0 Å². The standard InChI is InChI=1S/C6H16NO.BrH/c1-6(5-8)7(2,3)4;/h6,8H,5H2,1-4H3;1H/q+1;/p-1/t6-;/m0./s1. The van der Waals surface area contributed by atoms with Gasteiger partial charge in [-0.25, -0.2) is 0 Å². The summed E-state index contributed by atoms with van der Waals surface area (Å²) in [5.41, 5.74) is 0. The molecule has 0 aliphatic heterocycles. The van der Waals surface area contributed by atoms with Gasteiger partial charge in [0.1, 0.15) is 6.04 Å². The maximum absolute atomic E-state index is 8.65. The number of halogens is 1. The number of aliphatic hydroxyl groups excluding tert-OH is 1. The lowest BCUT2D eigenvalue weighted by Crippen LogP contribution is -3.00. The van der Waals surface area contributed by atoms with Crippen LogP contribution in [-0.2, 0) is 0 Å². The van der Waals surface area contributed by atoms with E-state index in [1.54, 1.807) is 0 Å². The van der Waals surface area contributed by atoms with Gasteiger partial charge in [-0.3, -0.25) is 0 Å². The molecule has 0 spiro atoms. The normalized spacial score (nSPS) is 14.3. The second-order valence-corrected chi connectivity index (χ2v) is 3.15. The molecule has 0 unspecified atom stereocenters. The predicted molar refractivity (Wildman–Crippen MR) is 34.6 cm³/mol. The minimum Gasteiger partial charge on any atom is -1.00 e. The smallest absolute Gasteiger partial charge is 0.109 e. The van der Waals surface area contributed by atoms with E-state index < -0.39 is 0 Å². The van der Waals surface area contributed by atoms with E-state index in [1.807, 2.05) is 6.92 Å². The van der Waals surface area contributed by atoms with Gasteiger partial charge in [0.05, 0.1) is 27.7 Å². The molecule has 0 saturated carbocycles. The zero-order valence-corrected chi connectivity index (χ0v) is 8.14. The lowest BCUT2D eigenvalue weighted by molar-refractivity contribution is -0.894. The molecular weight excluding hydrogens is 182 g/mol. The van der Waals surface area contributed by atoms with Gasteiger partial charge < -0.3 is 26.6 Å². The van der Waals surface area contributed by atoms with Crippen molar-refractivity contribution in [1.82, 2.24) is 0 Å². The van der Waals surface area contributed by atoms with Crippen molar-refractivity contribution in [3.05, 3.63) is 0 Å². The van der Waals surface area contributed by atoms with Crippen LogP contribution in [0.3, 0.4) is 0 Å². The topological polar surface area (TPSA) is 20.2 Å². The Labute approximate surface area is 67.8 Å². The van der Waals surface area contributed by atoms with Crippen LogP contribution in [0.5, 0.6) is 0 Å². The molecule has 0 bridgehead atoms. The summed E-state index contributed by atoms with van der Waals surface area (Å²) in [5, 5.41) is 8.65. The third-order valence-electron chi connectivity index (χ3n) is 1.59. The van der Waals surface area contributed by atoms with Crippen molar-refractivity contribution in [3.8, 4) is 0 Å². The average Bonchev–Trinajstić information content (AvgIpc) is 1.62. The van der Waals surface area contributed by atoms with Crippen LogP contribution in [0, 0.1) is 0 Å². The van der Waals surface area contributed by atoms with E-state index in [0.717, 1.165) is 4.48 Å². The zero-order chi connectivity index (χ0) is 6.78. The molecule has 1 N–H and O–H groups in total. The van der Waals surface area contributed by atoms with Crippen LogP contribution in [-0.4, -0.2) is 43.4 Å². The summed E-state index contributed by atoms with van der Waals surface area (Å²) in [7, 11) is 6.21. The lowest BCUT2D eigenvalue weighted by atomic mass is 10.3. The van der Waals surface area contributed by atoms with Gasteiger partial charge in [0.2, 0.25) is 0 Å². The molecule has 58 valence electrons. The molecule has 0 aliphatic rings. The van der Waals surface area contributed by atoms with Crippen molar-refractivity contribution in [2.24, 2.45) is 0 Å². The summed E-state index contributed by atoms with van der Waals surface area (Å²) < 4.78 is 0.830. The summed E-state index contributed by atoms with van der Waals surface area (Å²) in [6, 6.07) is 0.343. The first kappa shape index (κ1) is 12.1. The number of quaternary nitrogens is 1. The fourth-order valence-corrected chi connectivity index (χ4v) is 0.245. The maximum Gasteiger partial charge on any atom is 0.109 e. The Balaban J connectivity index is 0. The zero-order valence-electron chi connectivity index (χ0n) is 6.56. The lowest BCUT2D eigenvalue weighted by Gasteiger charge is -2.29. The minimum absolute atomic E-state index is 0. The quantitative estimate of drug-likeness (QED) is 0.471. The third-order valence-corrected chi connectivity index (χ3v) is 1.59. The van der Waals surface area contributed by atoms with Crippen LogP contribution in [0.4, 0.5) is 0 Å². The molecule has 0 amide bonds. The summed E-state index contributed by atoms with van der Waals surface area (Å²) in [4.78, 5) is 0. The number of rotatable bonds is 2. The molecule has 0 aromatic heterocycles. The highest BCUT2D eigenvalue weighted by molar-refractivity contribution is 4.41. The summed E-state index contributed by atoms with van der Waals surface area (Å²) in [6.45, 7) is 2.30. The molecule has 0 aromatic carbocycles. The number of nitrogens with zero attached hydrogens (tertiary/aromatic N) is 1. The molecule has 0 rings (SSSR count). The maximum atomic E-state index is 8.65. The SMILES string of the molecule is C[C@@H](CO)[N+](C)(C)C.[Br-]. The Bertz CT molecular complexity index is 69.9. The van der Waals surface area contributed by atoms with Crippen LogP contribution >= 0.6 is 0 Å². The molecule has 0 fully saturated rings. The van der Waals surface area contributed by atoms with Gasteiger partial charge in [0, 0.05) is 0 Å². The Hall–Kier alpha value is 0.400. The van der Waals surface area contributed by atoms with E-state index in [4.69, 9.17) is 5.11 Å². The second kappa shape index (κ2) is 4.25. The molecule has 0 heterocycles. The van der Waals surface area contributed by atoms with Crippen LogP contribution in [0.25, 0.3) is 0 Å². The molecule has 0 aromatic rings. The van der Waals surface area contributed by atoms with Gasteiger partial charge in [0.25, 0.3) is 0 Å². The van der Waals surface area contributed by atoms with Gasteiger partial charge in [-0.2, -0.15) is 0 Å². The highest BCUT2D eigenvalue weighted by Crippen LogP contribution is 1.98. The highest BCUT2D eigenvalue weighted by atomic mass is 79.9. The molecule has 1 atom stereocenters. The number of hydrogen-bond donors (Lipinski definition) is 1. The molecule has 0 radical (unpaired) electrons.